The van der Waals surface area contributed by atoms with Crippen LogP contribution < -0.4 is 5.32 Å². The molecule has 0 aliphatic carbocycles. The fraction of sp³-hybridized carbons (Fsp3) is 0.889. The van der Waals surface area contributed by atoms with Gasteiger partial charge in [0.15, 0.2) is 0 Å². The summed E-state index contributed by atoms with van der Waals surface area (Å²) < 4.78 is 5.26. The number of halogens is 2. The van der Waals surface area contributed by atoms with Crippen LogP contribution >= 0.6 is 31.9 Å². The van der Waals surface area contributed by atoms with Gasteiger partial charge in [-0.3, -0.25) is 4.79 Å². The Morgan fingerprint density at radius 2 is 2.14 bits per heavy atom. The standard InChI is InChI=1S/C9H15Br2NO2/c1-9(2-4-14-5-3-9)12-8(13)7(11)6-10/h7H,2-6H2,1H3,(H,12,13). The molecule has 1 rings (SSSR count). The van der Waals surface area contributed by atoms with E-state index in [-0.39, 0.29) is 16.3 Å². The second kappa shape index (κ2) is 5.47. The predicted octanol–water partition coefficient (Wildman–Crippen LogP) is 1.83. The highest BCUT2D eigenvalue weighted by Gasteiger charge is 2.30. The van der Waals surface area contributed by atoms with Crippen molar-refractivity contribution < 1.29 is 9.53 Å². The normalized spacial score (nSPS) is 22.8. The molecule has 1 heterocycles. The Morgan fingerprint density at radius 1 is 1.57 bits per heavy atom. The minimum atomic E-state index is -0.151. The molecule has 0 aromatic rings. The molecular formula is C9H15Br2NO2. The van der Waals surface area contributed by atoms with Crippen molar-refractivity contribution in [3.63, 3.8) is 0 Å². The van der Waals surface area contributed by atoms with Gasteiger partial charge in [-0.1, -0.05) is 31.9 Å². The Balaban J connectivity index is 2.44. The summed E-state index contributed by atoms with van der Waals surface area (Å²) in [6, 6.07) is 0. The molecule has 0 radical (unpaired) electrons. The number of rotatable bonds is 3. The molecule has 82 valence electrons. The third kappa shape index (κ3) is 3.51. The van der Waals surface area contributed by atoms with Crippen LogP contribution in [0.25, 0.3) is 0 Å². The first-order valence-electron chi connectivity index (χ1n) is 4.67. The van der Waals surface area contributed by atoms with Gasteiger partial charge in [-0.2, -0.15) is 0 Å². The van der Waals surface area contributed by atoms with Crippen LogP contribution in [0.5, 0.6) is 0 Å². The molecule has 3 nitrogen and oxygen atoms in total. The zero-order chi connectivity index (χ0) is 10.6. The third-order valence-electron chi connectivity index (χ3n) is 2.44. The Hall–Kier alpha value is 0.390. The van der Waals surface area contributed by atoms with E-state index in [4.69, 9.17) is 4.74 Å². The first-order chi connectivity index (χ1) is 6.57. The molecule has 1 atom stereocenters. The molecule has 1 fully saturated rings. The van der Waals surface area contributed by atoms with Gasteiger partial charge in [0.05, 0.1) is 0 Å². The number of hydrogen-bond acceptors (Lipinski definition) is 2. The van der Waals surface area contributed by atoms with Crippen LogP contribution in [0.2, 0.25) is 0 Å². The zero-order valence-corrected chi connectivity index (χ0v) is 11.4. The number of nitrogens with one attached hydrogen (secondary N) is 1. The maximum atomic E-state index is 11.6. The van der Waals surface area contributed by atoms with E-state index in [1.54, 1.807) is 0 Å². The van der Waals surface area contributed by atoms with Crippen LogP contribution in [0.15, 0.2) is 0 Å². The molecule has 1 saturated heterocycles. The minimum absolute atomic E-state index is 0.0475. The van der Waals surface area contributed by atoms with Gasteiger partial charge in [0.25, 0.3) is 0 Å². The van der Waals surface area contributed by atoms with Crippen LogP contribution in [0.4, 0.5) is 0 Å². The van der Waals surface area contributed by atoms with Crippen LogP contribution in [-0.2, 0) is 9.53 Å². The highest BCUT2D eigenvalue weighted by Crippen LogP contribution is 2.20. The van der Waals surface area contributed by atoms with Crippen molar-refractivity contribution in [3.8, 4) is 0 Å². The summed E-state index contributed by atoms with van der Waals surface area (Å²) in [4.78, 5) is 11.5. The van der Waals surface area contributed by atoms with E-state index in [2.05, 4.69) is 44.1 Å². The van der Waals surface area contributed by atoms with Crippen LogP contribution in [0.1, 0.15) is 19.8 Å². The van der Waals surface area contributed by atoms with Gasteiger partial charge in [-0.25, -0.2) is 0 Å². The zero-order valence-electron chi connectivity index (χ0n) is 8.19. The van der Waals surface area contributed by atoms with Gasteiger partial charge in [-0.05, 0) is 19.8 Å². The van der Waals surface area contributed by atoms with Crippen LogP contribution in [-0.4, -0.2) is 34.8 Å². The maximum Gasteiger partial charge on any atom is 0.235 e. The first kappa shape index (κ1) is 12.5. The molecule has 1 amide bonds. The fourth-order valence-corrected chi connectivity index (χ4v) is 1.80. The van der Waals surface area contributed by atoms with Crippen molar-refractivity contribution in [1.82, 2.24) is 5.32 Å². The predicted molar refractivity (Wildman–Crippen MR) is 63.1 cm³/mol. The Labute approximate surface area is 101 Å². The van der Waals surface area contributed by atoms with Crippen LogP contribution in [0.3, 0.4) is 0 Å². The first-order valence-corrected chi connectivity index (χ1v) is 6.71. The van der Waals surface area contributed by atoms with Gasteiger partial charge in [-0.15, -0.1) is 0 Å². The lowest BCUT2D eigenvalue weighted by atomic mass is 9.92. The molecule has 0 aromatic heterocycles. The van der Waals surface area contributed by atoms with E-state index in [9.17, 15) is 4.79 Å². The number of amides is 1. The quantitative estimate of drug-likeness (QED) is 0.803. The number of carbonyl (C=O) groups is 1. The molecule has 0 spiro atoms. The van der Waals surface area contributed by atoms with E-state index in [1.807, 2.05) is 0 Å². The smallest absolute Gasteiger partial charge is 0.235 e. The van der Waals surface area contributed by atoms with Gasteiger partial charge in [0.2, 0.25) is 5.91 Å². The Morgan fingerprint density at radius 3 is 2.64 bits per heavy atom. The second-order valence-corrected chi connectivity index (χ2v) is 5.54. The molecule has 1 aliphatic rings. The highest BCUT2D eigenvalue weighted by atomic mass is 79.9. The summed E-state index contributed by atoms with van der Waals surface area (Å²) in [5.41, 5.74) is -0.0937. The summed E-state index contributed by atoms with van der Waals surface area (Å²) >= 11 is 6.57. The maximum absolute atomic E-state index is 11.6. The average molecular weight is 329 g/mol. The Kier molecular flexibility index (Phi) is 4.87. The molecule has 0 aromatic carbocycles. The summed E-state index contributed by atoms with van der Waals surface area (Å²) in [5.74, 6) is 0.0475. The second-order valence-electron chi connectivity index (χ2n) is 3.78. The van der Waals surface area contributed by atoms with E-state index < -0.39 is 0 Å². The lowest BCUT2D eigenvalue weighted by molar-refractivity contribution is -0.122. The van der Waals surface area contributed by atoms with Gasteiger partial charge < -0.3 is 10.1 Å². The summed E-state index contributed by atoms with van der Waals surface area (Å²) in [7, 11) is 0. The van der Waals surface area contributed by atoms with Crippen molar-refractivity contribution in [2.45, 2.75) is 30.1 Å². The molecule has 1 N–H and O–H groups in total. The SMILES string of the molecule is CC1(NC(=O)C(Br)CBr)CCOCC1. The minimum Gasteiger partial charge on any atom is -0.381 e. The molecule has 5 heteroatoms. The van der Waals surface area contributed by atoms with E-state index >= 15 is 0 Å². The van der Waals surface area contributed by atoms with Gasteiger partial charge in [0, 0.05) is 24.1 Å². The Bertz CT molecular complexity index is 205. The van der Waals surface area contributed by atoms with E-state index in [0.29, 0.717) is 5.33 Å². The number of alkyl halides is 2. The van der Waals surface area contributed by atoms with E-state index in [1.165, 1.54) is 0 Å². The third-order valence-corrected chi connectivity index (χ3v) is 4.70. The molecule has 1 aliphatic heterocycles. The van der Waals surface area contributed by atoms with Crippen molar-refractivity contribution in [2.75, 3.05) is 18.5 Å². The molecule has 0 bridgehead atoms. The lowest BCUT2D eigenvalue weighted by Crippen LogP contribution is -2.51. The molecule has 0 saturated carbocycles. The van der Waals surface area contributed by atoms with Gasteiger partial charge in [0.1, 0.15) is 4.83 Å². The highest BCUT2D eigenvalue weighted by molar-refractivity contribution is 9.12. The van der Waals surface area contributed by atoms with Crippen molar-refractivity contribution >= 4 is 37.8 Å². The number of ether oxygens (including phenoxy) is 1. The molecule has 14 heavy (non-hydrogen) atoms. The van der Waals surface area contributed by atoms with Crippen molar-refractivity contribution in [2.24, 2.45) is 0 Å². The molecule has 1 unspecified atom stereocenters. The topological polar surface area (TPSA) is 38.3 Å². The van der Waals surface area contributed by atoms with E-state index in [0.717, 1.165) is 26.1 Å². The summed E-state index contributed by atoms with van der Waals surface area (Å²) in [6.07, 6.45) is 1.78. The lowest BCUT2D eigenvalue weighted by Gasteiger charge is -2.35. The fourth-order valence-electron chi connectivity index (χ4n) is 1.39. The van der Waals surface area contributed by atoms with Crippen molar-refractivity contribution in [1.29, 1.82) is 0 Å². The monoisotopic (exact) mass is 327 g/mol. The number of carbonyl (C=O) groups excluding carboxylic acids is 1. The molecular weight excluding hydrogens is 314 g/mol. The largest absolute Gasteiger partial charge is 0.381 e. The summed E-state index contributed by atoms with van der Waals surface area (Å²) in [6.45, 7) is 3.54. The summed E-state index contributed by atoms with van der Waals surface area (Å²) in [5, 5.41) is 3.68. The average Bonchev–Trinajstić information content (AvgIpc) is 2.17. The van der Waals surface area contributed by atoms with Crippen LogP contribution in [0, 0.1) is 0 Å². The number of hydrogen-bond donors (Lipinski definition) is 1. The van der Waals surface area contributed by atoms with Crippen molar-refractivity contribution in [3.05, 3.63) is 0 Å². The van der Waals surface area contributed by atoms with Gasteiger partial charge >= 0.3 is 0 Å².